The molecule has 2 rings (SSSR count). The van der Waals surface area contributed by atoms with E-state index in [1.807, 2.05) is 6.92 Å². The Morgan fingerprint density at radius 3 is 2.58 bits per heavy atom. The van der Waals surface area contributed by atoms with Crippen LogP contribution in [-0.4, -0.2) is 14.5 Å². The van der Waals surface area contributed by atoms with Crippen LogP contribution in [0.15, 0.2) is 27.6 Å². The van der Waals surface area contributed by atoms with Crippen molar-refractivity contribution in [2.75, 3.05) is 0 Å². The molecule has 1 fully saturated rings. The first-order valence-corrected chi connectivity index (χ1v) is 8.96. The van der Waals surface area contributed by atoms with E-state index in [0.717, 1.165) is 29.3 Å². The number of nitrogens with one attached hydrogen (secondary N) is 1. The Labute approximate surface area is 124 Å². The van der Waals surface area contributed by atoms with Gasteiger partial charge >= 0.3 is 0 Å². The van der Waals surface area contributed by atoms with E-state index >= 15 is 0 Å². The van der Waals surface area contributed by atoms with Gasteiger partial charge in [0.1, 0.15) is 0 Å². The zero-order valence-electron chi connectivity index (χ0n) is 11.3. The van der Waals surface area contributed by atoms with Gasteiger partial charge in [0.2, 0.25) is 10.0 Å². The van der Waals surface area contributed by atoms with Crippen LogP contribution in [0.2, 0.25) is 0 Å². The van der Waals surface area contributed by atoms with Crippen molar-refractivity contribution in [1.82, 2.24) is 4.72 Å². The predicted octanol–water partition coefficient (Wildman–Crippen LogP) is 3.61. The zero-order chi connectivity index (χ0) is 14.0. The lowest BCUT2D eigenvalue weighted by atomic mass is 9.87. The summed E-state index contributed by atoms with van der Waals surface area (Å²) < 4.78 is 28.6. The minimum absolute atomic E-state index is 0.0719. The summed E-state index contributed by atoms with van der Waals surface area (Å²) >= 11 is 3.39. The maximum atomic E-state index is 12.4. The van der Waals surface area contributed by atoms with Crippen molar-refractivity contribution in [2.45, 2.75) is 50.5 Å². The highest BCUT2D eigenvalue weighted by Crippen LogP contribution is 2.26. The van der Waals surface area contributed by atoms with Crippen LogP contribution in [0.25, 0.3) is 0 Å². The highest BCUT2D eigenvalue weighted by molar-refractivity contribution is 9.10. The minimum Gasteiger partial charge on any atom is -0.208 e. The lowest BCUT2D eigenvalue weighted by Crippen LogP contribution is -2.40. The van der Waals surface area contributed by atoms with Crippen molar-refractivity contribution in [3.8, 4) is 0 Å². The molecule has 0 amide bonds. The van der Waals surface area contributed by atoms with Gasteiger partial charge in [0.15, 0.2) is 0 Å². The second-order valence-electron chi connectivity index (χ2n) is 5.40. The number of halogens is 1. The largest absolute Gasteiger partial charge is 0.240 e. The van der Waals surface area contributed by atoms with Gasteiger partial charge in [-0.2, -0.15) is 0 Å². The van der Waals surface area contributed by atoms with Crippen LogP contribution in [0.4, 0.5) is 0 Å². The average Bonchev–Trinajstić information content (AvgIpc) is 2.35. The van der Waals surface area contributed by atoms with Crippen LogP contribution in [0, 0.1) is 12.8 Å². The summed E-state index contributed by atoms with van der Waals surface area (Å²) in [6.07, 6.45) is 4.36. The molecule has 0 aliphatic heterocycles. The molecule has 0 radical (unpaired) electrons. The third kappa shape index (κ3) is 3.58. The fourth-order valence-electron chi connectivity index (χ4n) is 2.54. The Kier molecular flexibility index (Phi) is 4.69. The molecule has 0 heterocycles. The van der Waals surface area contributed by atoms with Crippen molar-refractivity contribution in [3.63, 3.8) is 0 Å². The Balaban J connectivity index is 2.19. The van der Waals surface area contributed by atoms with Crippen LogP contribution in [0.3, 0.4) is 0 Å². The summed E-state index contributed by atoms with van der Waals surface area (Å²) in [6, 6.07) is 5.21. The molecule has 1 N–H and O–H groups in total. The second-order valence-corrected chi connectivity index (χ2v) is 7.97. The van der Waals surface area contributed by atoms with Crippen molar-refractivity contribution in [1.29, 1.82) is 0 Å². The molecule has 1 aromatic carbocycles. The number of rotatable bonds is 3. The number of benzene rings is 1. The molecule has 0 aromatic heterocycles. The van der Waals surface area contributed by atoms with Gasteiger partial charge in [-0.1, -0.05) is 35.7 Å². The maximum Gasteiger partial charge on any atom is 0.240 e. The summed E-state index contributed by atoms with van der Waals surface area (Å²) in [7, 11) is -3.40. The lowest BCUT2D eigenvalue weighted by Gasteiger charge is -2.29. The summed E-state index contributed by atoms with van der Waals surface area (Å²) in [4.78, 5) is 0.353. The van der Waals surface area contributed by atoms with Gasteiger partial charge in [-0.3, -0.25) is 0 Å². The molecule has 0 saturated heterocycles. The summed E-state index contributed by atoms with van der Waals surface area (Å²) in [6.45, 7) is 4.02. The summed E-state index contributed by atoms with van der Waals surface area (Å²) in [5.41, 5.74) is 0.930. The normalized spacial score (nSPS) is 24.4. The fraction of sp³-hybridized carbons (Fsp3) is 0.571. The van der Waals surface area contributed by atoms with Crippen molar-refractivity contribution in [2.24, 2.45) is 5.92 Å². The average molecular weight is 346 g/mol. The van der Waals surface area contributed by atoms with Gasteiger partial charge in [0.05, 0.1) is 4.90 Å². The molecule has 1 aromatic rings. The SMILES string of the molecule is Cc1cc(S(=O)(=O)NC2CCCCC2C)ccc1Br. The number of hydrogen-bond donors (Lipinski definition) is 1. The smallest absolute Gasteiger partial charge is 0.208 e. The molecule has 106 valence electrons. The van der Waals surface area contributed by atoms with Gasteiger partial charge in [-0.15, -0.1) is 0 Å². The monoisotopic (exact) mass is 345 g/mol. The van der Waals surface area contributed by atoms with Crippen LogP contribution in [0.5, 0.6) is 0 Å². The van der Waals surface area contributed by atoms with E-state index in [1.165, 1.54) is 6.42 Å². The molecule has 19 heavy (non-hydrogen) atoms. The molecule has 2 atom stereocenters. The number of aryl methyl sites for hydroxylation is 1. The first-order valence-electron chi connectivity index (χ1n) is 6.68. The molecule has 1 saturated carbocycles. The molecule has 2 unspecified atom stereocenters. The standard InChI is InChI=1S/C14H20BrNO2S/c1-10-5-3-4-6-14(10)16-19(17,18)12-7-8-13(15)11(2)9-12/h7-10,14,16H,3-6H2,1-2H3. The van der Waals surface area contributed by atoms with Crippen LogP contribution >= 0.6 is 15.9 Å². The quantitative estimate of drug-likeness (QED) is 0.909. The first-order chi connectivity index (χ1) is 8.90. The van der Waals surface area contributed by atoms with E-state index in [1.54, 1.807) is 18.2 Å². The van der Waals surface area contributed by atoms with E-state index in [9.17, 15) is 8.42 Å². The van der Waals surface area contributed by atoms with Gasteiger partial charge in [0.25, 0.3) is 0 Å². The molecule has 1 aliphatic rings. The van der Waals surface area contributed by atoms with Gasteiger partial charge in [-0.05, 0) is 49.4 Å². The van der Waals surface area contributed by atoms with Crippen molar-refractivity contribution in [3.05, 3.63) is 28.2 Å². The predicted molar refractivity (Wildman–Crippen MR) is 80.6 cm³/mol. The highest BCUT2D eigenvalue weighted by atomic mass is 79.9. The summed E-state index contributed by atoms with van der Waals surface area (Å²) in [5.74, 6) is 0.417. The molecule has 1 aliphatic carbocycles. The van der Waals surface area contributed by atoms with Crippen LogP contribution in [-0.2, 0) is 10.0 Å². The van der Waals surface area contributed by atoms with Crippen LogP contribution in [0.1, 0.15) is 38.2 Å². The molecular weight excluding hydrogens is 326 g/mol. The third-order valence-electron chi connectivity index (χ3n) is 3.86. The molecule has 0 spiro atoms. The Hall–Kier alpha value is -0.390. The van der Waals surface area contributed by atoms with E-state index in [0.29, 0.717) is 10.8 Å². The molecule has 5 heteroatoms. The maximum absolute atomic E-state index is 12.4. The fourth-order valence-corrected chi connectivity index (χ4v) is 4.25. The van der Waals surface area contributed by atoms with E-state index in [2.05, 4.69) is 27.6 Å². The summed E-state index contributed by atoms with van der Waals surface area (Å²) in [5, 5.41) is 0. The van der Waals surface area contributed by atoms with Crippen molar-refractivity contribution < 1.29 is 8.42 Å². The Morgan fingerprint density at radius 2 is 1.95 bits per heavy atom. The lowest BCUT2D eigenvalue weighted by molar-refractivity contribution is 0.310. The van der Waals surface area contributed by atoms with E-state index in [-0.39, 0.29) is 6.04 Å². The minimum atomic E-state index is -3.40. The second kappa shape index (κ2) is 5.94. The zero-order valence-corrected chi connectivity index (χ0v) is 13.7. The Morgan fingerprint density at radius 1 is 1.26 bits per heavy atom. The number of sulfonamides is 1. The third-order valence-corrected chi connectivity index (χ3v) is 6.24. The Bertz CT molecular complexity index is 557. The van der Waals surface area contributed by atoms with Crippen LogP contribution < -0.4 is 4.72 Å². The topological polar surface area (TPSA) is 46.2 Å². The van der Waals surface area contributed by atoms with Gasteiger partial charge in [-0.25, -0.2) is 13.1 Å². The van der Waals surface area contributed by atoms with E-state index < -0.39 is 10.0 Å². The molecule has 3 nitrogen and oxygen atoms in total. The molecule has 0 bridgehead atoms. The molecular formula is C14H20BrNO2S. The van der Waals surface area contributed by atoms with E-state index in [4.69, 9.17) is 0 Å². The van der Waals surface area contributed by atoms with Crippen molar-refractivity contribution >= 4 is 26.0 Å². The van der Waals surface area contributed by atoms with Gasteiger partial charge < -0.3 is 0 Å². The van der Waals surface area contributed by atoms with Gasteiger partial charge in [0, 0.05) is 10.5 Å². The first kappa shape index (κ1) is 15.0. The number of hydrogen-bond acceptors (Lipinski definition) is 2. The highest BCUT2D eigenvalue weighted by Gasteiger charge is 2.26.